The van der Waals surface area contributed by atoms with Gasteiger partial charge in [-0.1, -0.05) is 12.1 Å². The summed E-state index contributed by atoms with van der Waals surface area (Å²) in [5.74, 6) is -1.72. The van der Waals surface area contributed by atoms with Crippen LogP contribution < -0.4 is 5.73 Å². The highest BCUT2D eigenvalue weighted by atomic mass is 32.2. The zero-order chi connectivity index (χ0) is 13.1. The van der Waals surface area contributed by atoms with E-state index in [4.69, 9.17) is 5.73 Å². The molecule has 5 heteroatoms. The maximum atomic E-state index is 13.0. The lowest BCUT2D eigenvalue weighted by atomic mass is 10.2. The average molecular weight is 267 g/mol. The van der Waals surface area contributed by atoms with Gasteiger partial charge in [0.1, 0.15) is 0 Å². The van der Waals surface area contributed by atoms with E-state index in [0.717, 1.165) is 12.1 Å². The molecule has 18 heavy (non-hydrogen) atoms. The first-order valence-corrected chi connectivity index (χ1v) is 6.56. The second-order valence-electron chi connectivity index (χ2n) is 3.81. The summed E-state index contributed by atoms with van der Waals surface area (Å²) in [5.41, 5.74) is 6.59. The van der Waals surface area contributed by atoms with E-state index in [1.54, 1.807) is 24.3 Å². The molecule has 0 bridgehead atoms. The van der Waals surface area contributed by atoms with E-state index in [-0.39, 0.29) is 5.75 Å². The molecule has 0 spiro atoms. The van der Waals surface area contributed by atoms with Crippen LogP contribution in [0.5, 0.6) is 0 Å². The molecule has 0 radical (unpaired) electrons. The number of nitrogens with two attached hydrogens (primary N) is 1. The molecule has 0 amide bonds. The molecule has 0 aliphatic heterocycles. The zero-order valence-electron chi connectivity index (χ0n) is 9.40. The van der Waals surface area contributed by atoms with E-state index in [0.29, 0.717) is 16.1 Å². The first kappa shape index (κ1) is 12.7. The first-order valence-electron chi connectivity index (χ1n) is 5.24. The van der Waals surface area contributed by atoms with Crippen LogP contribution in [0, 0.1) is 11.6 Å². The summed E-state index contributed by atoms with van der Waals surface area (Å²) in [4.78, 5) is 0.569. The van der Waals surface area contributed by atoms with Crippen LogP contribution in [0.2, 0.25) is 0 Å². The third-order valence-electron chi connectivity index (χ3n) is 2.40. The highest BCUT2D eigenvalue weighted by molar-refractivity contribution is 7.84. The van der Waals surface area contributed by atoms with E-state index in [9.17, 15) is 13.0 Å². The predicted molar refractivity (Wildman–Crippen MR) is 67.3 cm³/mol. The van der Waals surface area contributed by atoms with Gasteiger partial charge in [0.2, 0.25) is 0 Å². The Morgan fingerprint density at radius 1 is 1.06 bits per heavy atom. The van der Waals surface area contributed by atoms with Crippen molar-refractivity contribution in [2.24, 2.45) is 0 Å². The van der Waals surface area contributed by atoms with Gasteiger partial charge in [-0.05, 0) is 35.9 Å². The van der Waals surface area contributed by atoms with E-state index in [1.807, 2.05) is 0 Å². The van der Waals surface area contributed by atoms with Crippen LogP contribution in [0.25, 0.3) is 0 Å². The standard InChI is InChI=1S/C13H11F2NOS/c14-12-5-4-9(6-13(12)15)8-18(17)11-3-1-2-10(16)7-11/h1-7H,8,16H2. The molecule has 0 fully saturated rings. The molecule has 2 N–H and O–H groups in total. The molecular formula is C13H11F2NOS. The molecule has 0 heterocycles. The molecule has 94 valence electrons. The van der Waals surface area contributed by atoms with Crippen LogP contribution in [0.3, 0.4) is 0 Å². The minimum Gasteiger partial charge on any atom is -0.399 e. The summed E-state index contributed by atoms with van der Waals surface area (Å²) >= 11 is 0. The summed E-state index contributed by atoms with van der Waals surface area (Å²) in [5, 5.41) is 0. The smallest absolute Gasteiger partial charge is 0.159 e. The number of nitrogen functional groups attached to an aromatic ring is 1. The SMILES string of the molecule is Nc1cccc(S(=O)Cc2ccc(F)c(F)c2)c1. The Hall–Kier alpha value is -1.75. The van der Waals surface area contributed by atoms with Crippen molar-refractivity contribution in [3.8, 4) is 0 Å². The number of benzene rings is 2. The fraction of sp³-hybridized carbons (Fsp3) is 0.0769. The molecule has 2 aromatic carbocycles. The van der Waals surface area contributed by atoms with Gasteiger partial charge in [-0.3, -0.25) is 4.21 Å². The minimum absolute atomic E-state index is 0.126. The van der Waals surface area contributed by atoms with Crippen molar-refractivity contribution >= 4 is 16.5 Å². The van der Waals surface area contributed by atoms with E-state index in [2.05, 4.69) is 0 Å². The quantitative estimate of drug-likeness (QED) is 0.869. The van der Waals surface area contributed by atoms with Gasteiger partial charge in [-0.2, -0.15) is 0 Å². The Kier molecular flexibility index (Phi) is 3.72. The normalized spacial score (nSPS) is 12.3. The lowest BCUT2D eigenvalue weighted by Gasteiger charge is -2.04. The lowest BCUT2D eigenvalue weighted by molar-refractivity contribution is 0.507. The molecule has 2 aromatic rings. The second-order valence-corrected chi connectivity index (χ2v) is 5.26. The van der Waals surface area contributed by atoms with Gasteiger partial charge < -0.3 is 5.73 Å². The maximum Gasteiger partial charge on any atom is 0.159 e. The molecular weight excluding hydrogens is 256 g/mol. The number of hydrogen-bond donors (Lipinski definition) is 1. The summed E-state index contributed by atoms with van der Waals surface area (Å²) in [6, 6.07) is 10.2. The van der Waals surface area contributed by atoms with Crippen LogP contribution in [0.15, 0.2) is 47.4 Å². The Bertz CT molecular complexity index is 601. The summed E-state index contributed by atoms with van der Waals surface area (Å²) < 4.78 is 37.7. The Morgan fingerprint density at radius 3 is 2.50 bits per heavy atom. The molecule has 1 unspecified atom stereocenters. The highest BCUT2D eigenvalue weighted by Crippen LogP contribution is 2.16. The molecule has 0 aliphatic rings. The zero-order valence-corrected chi connectivity index (χ0v) is 10.2. The summed E-state index contributed by atoms with van der Waals surface area (Å²) in [6.45, 7) is 0. The first-order chi connectivity index (χ1) is 8.56. The lowest BCUT2D eigenvalue weighted by Crippen LogP contribution is -1.98. The highest BCUT2D eigenvalue weighted by Gasteiger charge is 2.08. The van der Waals surface area contributed by atoms with Crippen LogP contribution in [0.4, 0.5) is 14.5 Å². The molecule has 2 nitrogen and oxygen atoms in total. The van der Waals surface area contributed by atoms with Gasteiger partial charge in [0.05, 0.1) is 16.6 Å². The van der Waals surface area contributed by atoms with Crippen LogP contribution in [0.1, 0.15) is 5.56 Å². The Balaban J connectivity index is 2.18. The van der Waals surface area contributed by atoms with Crippen molar-refractivity contribution in [2.45, 2.75) is 10.6 Å². The number of rotatable bonds is 3. The van der Waals surface area contributed by atoms with Gasteiger partial charge in [0, 0.05) is 10.6 Å². The second kappa shape index (κ2) is 5.27. The number of anilines is 1. The maximum absolute atomic E-state index is 13.0. The van der Waals surface area contributed by atoms with Gasteiger partial charge in [0.25, 0.3) is 0 Å². The topological polar surface area (TPSA) is 43.1 Å². The van der Waals surface area contributed by atoms with Crippen molar-refractivity contribution in [3.63, 3.8) is 0 Å². The molecule has 0 saturated heterocycles. The average Bonchev–Trinajstić information content (AvgIpc) is 2.34. The molecule has 0 aliphatic carbocycles. The summed E-state index contributed by atoms with van der Waals surface area (Å²) in [6.07, 6.45) is 0. The fourth-order valence-electron chi connectivity index (χ4n) is 1.52. The van der Waals surface area contributed by atoms with Gasteiger partial charge in [-0.15, -0.1) is 0 Å². The summed E-state index contributed by atoms with van der Waals surface area (Å²) in [7, 11) is -1.33. The van der Waals surface area contributed by atoms with Crippen LogP contribution in [-0.2, 0) is 16.6 Å². The van der Waals surface area contributed by atoms with E-state index < -0.39 is 22.4 Å². The van der Waals surface area contributed by atoms with Crippen molar-refractivity contribution in [1.82, 2.24) is 0 Å². The van der Waals surface area contributed by atoms with Crippen molar-refractivity contribution in [3.05, 3.63) is 59.7 Å². The Labute approximate surface area is 106 Å². The van der Waals surface area contributed by atoms with Gasteiger partial charge in [0.15, 0.2) is 11.6 Å². The van der Waals surface area contributed by atoms with Crippen LogP contribution in [-0.4, -0.2) is 4.21 Å². The predicted octanol–water partition coefficient (Wildman–Crippen LogP) is 2.85. The Morgan fingerprint density at radius 2 is 1.83 bits per heavy atom. The molecule has 0 saturated carbocycles. The minimum atomic E-state index is -1.33. The molecule has 1 atom stereocenters. The monoisotopic (exact) mass is 267 g/mol. The molecule has 2 rings (SSSR count). The van der Waals surface area contributed by atoms with Gasteiger partial charge >= 0.3 is 0 Å². The molecule has 0 aromatic heterocycles. The fourth-order valence-corrected chi connectivity index (χ4v) is 2.67. The van der Waals surface area contributed by atoms with Crippen molar-refractivity contribution in [2.75, 3.05) is 5.73 Å². The number of hydrogen-bond acceptors (Lipinski definition) is 2. The van der Waals surface area contributed by atoms with Gasteiger partial charge in [-0.25, -0.2) is 8.78 Å². The van der Waals surface area contributed by atoms with Crippen LogP contribution >= 0.6 is 0 Å². The third kappa shape index (κ3) is 2.92. The largest absolute Gasteiger partial charge is 0.399 e. The number of halogens is 2. The van der Waals surface area contributed by atoms with Crippen molar-refractivity contribution in [1.29, 1.82) is 0 Å². The third-order valence-corrected chi connectivity index (χ3v) is 3.78. The van der Waals surface area contributed by atoms with E-state index in [1.165, 1.54) is 6.07 Å². The van der Waals surface area contributed by atoms with Crippen molar-refractivity contribution < 1.29 is 13.0 Å². The van der Waals surface area contributed by atoms with E-state index >= 15 is 0 Å².